The maximum atomic E-state index is 11.6. The summed E-state index contributed by atoms with van der Waals surface area (Å²) in [5.74, 6) is -1.13. The minimum atomic E-state index is -1.07. The monoisotopic (exact) mass is 328 g/mol. The number of phenols is 1. The van der Waals surface area contributed by atoms with Crippen LogP contribution in [0.4, 0.5) is 0 Å². The molecule has 0 aromatic heterocycles. The summed E-state index contributed by atoms with van der Waals surface area (Å²) in [6, 6.07) is 2.97. The minimum absolute atomic E-state index is 0.0938. The molecule has 5 nitrogen and oxygen atoms in total. The van der Waals surface area contributed by atoms with Crippen molar-refractivity contribution in [2.45, 2.75) is 6.42 Å². The van der Waals surface area contributed by atoms with Crippen molar-refractivity contribution in [3.63, 3.8) is 0 Å². The second-order valence-corrected chi connectivity index (χ2v) is 4.25. The number of carbonyl (C=O) groups excluding carboxylic acids is 1. The smallest absolute Gasteiger partial charge is 0.327 e. The number of rotatable bonds is 6. The highest BCUT2D eigenvalue weighted by atomic mass is 79.9. The van der Waals surface area contributed by atoms with Crippen LogP contribution in [0.3, 0.4) is 0 Å². The molecule has 0 aliphatic rings. The van der Waals surface area contributed by atoms with Gasteiger partial charge in [-0.15, -0.1) is 0 Å². The second-order valence-electron chi connectivity index (χ2n) is 3.69. The molecular weight excluding hydrogens is 316 g/mol. The third-order valence-corrected chi connectivity index (χ3v) is 2.92. The standard InChI is InChI=1S/C13H13BrO5/c1-19-11-6-9(10(15)7-14)5-8(13(11)18)3-2-4-12(16)17/h2,4-6,18H,3,7H2,1H3,(H,16,17). The van der Waals surface area contributed by atoms with Gasteiger partial charge in [0.2, 0.25) is 0 Å². The number of Topliss-reactive ketones (excluding diaryl/α,β-unsaturated/α-hetero) is 1. The van der Waals surface area contributed by atoms with Crippen LogP contribution in [0, 0.1) is 0 Å². The summed E-state index contributed by atoms with van der Waals surface area (Å²) in [5, 5.41) is 18.6. The van der Waals surface area contributed by atoms with Crippen LogP contribution in [-0.4, -0.2) is 34.4 Å². The molecule has 0 saturated carbocycles. The van der Waals surface area contributed by atoms with E-state index in [2.05, 4.69) is 15.9 Å². The van der Waals surface area contributed by atoms with Crippen molar-refractivity contribution in [3.05, 3.63) is 35.4 Å². The number of carboxylic acid groups (broad SMARTS) is 1. The number of aliphatic carboxylic acids is 1. The van der Waals surface area contributed by atoms with Crippen molar-refractivity contribution in [1.29, 1.82) is 0 Å². The van der Waals surface area contributed by atoms with Crippen molar-refractivity contribution >= 4 is 27.7 Å². The van der Waals surface area contributed by atoms with Crippen LogP contribution >= 0.6 is 15.9 Å². The lowest BCUT2D eigenvalue weighted by Gasteiger charge is -2.10. The van der Waals surface area contributed by atoms with Gasteiger partial charge in [0.05, 0.1) is 12.4 Å². The Bertz CT molecular complexity index is 522. The van der Waals surface area contributed by atoms with E-state index in [1.54, 1.807) is 0 Å². The Balaban J connectivity index is 3.14. The van der Waals surface area contributed by atoms with Crippen LogP contribution in [0.15, 0.2) is 24.3 Å². The number of ketones is 1. The maximum absolute atomic E-state index is 11.6. The largest absolute Gasteiger partial charge is 0.504 e. The summed E-state index contributed by atoms with van der Waals surface area (Å²) in [5.41, 5.74) is 0.825. The molecule has 0 aliphatic heterocycles. The Morgan fingerprint density at radius 1 is 1.42 bits per heavy atom. The molecule has 6 heteroatoms. The fourth-order valence-corrected chi connectivity index (χ4v) is 1.83. The zero-order valence-corrected chi connectivity index (χ0v) is 11.8. The lowest BCUT2D eigenvalue weighted by molar-refractivity contribution is -0.131. The first kappa shape index (κ1) is 15.2. The topological polar surface area (TPSA) is 83.8 Å². The second kappa shape index (κ2) is 6.94. The fraction of sp³-hybridized carbons (Fsp3) is 0.231. The first-order chi connectivity index (χ1) is 8.99. The molecule has 1 aromatic carbocycles. The molecule has 0 fully saturated rings. The van der Waals surface area contributed by atoms with Gasteiger partial charge in [-0.05, 0) is 18.6 Å². The molecule has 1 aromatic rings. The van der Waals surface area contributed by atoms with Gasteiger partial charge in [-0.25, -0.2) is 4.79 Å². The number of carboxylic acids is 1. The summed E-state index contributed by atoms with van der Waals surface area (Å²) in [4.78, 5) is 22.0. The van der Waals surface area contributed by atoms with Gasteiger partial charge >= 0.3 is 5.97 Å². The molecule has 0 aliphatic carbocycles. The zero-order chi connectivity index (χ0) is 14.4. The van der Waals surface area contributed by atoms with Crippen molar-refractivity contribution in [1.82, 2.24) is 0 Å². The number of hydrogen-bond donors (Lipinski definition) is 2. The van der Waals surface area contributed by atoms with E-state index in [4.69, 9.17) is 9.84 Å². The molecule has 0 bridgehead atoms. The molecule has 0 saturated heterocycles. The van der Waals surface area contributed by atoms with Crippen molar-refractivity contribution in [2.75, 3.05) is 12.4 Å². The van der Waals surface area contributed by atoms with E-state index in [1.807, 2.05) is 0 Å². The summed E-state index contributed by atoms with van der Waals surface area (Å²) in [6.07, 6.45) is 2.56. The number of halogens is 1. The average molecular weight is 329 g/mol. The quantitative estimate of drug-likeness (QED) is 0.475. The summed E-state index contributed by atoms with van der Waals surface area (Å²) in [7, 11) is 1.38. The number of carbonyl (C=O) groups is 2. The molecule has 1 rings (SSSR count). The molecule has 0 spiro atoms. The predicted octanol–water partition coefficient (Wildman–Crippen LogP) is 2.16. The highest BCUT2D eigenvalue weighted by Crippen LogP contribution is 2.32. The molecule has 0 heterocycles. The summed E-state index contributed by atoms with van der Waals surface area (Å²) < 4.78 is 4.99. The van der Waals surface area contributed by atoms with Gasteiger partial charge in [0.25, 0.3) is 0 Å². The van der Waals surface area contributed by atoms with E-state index >= 15 is 0 Å². The van der Waals surface area contributed by atoms with Gasteiger partial charge in [0.1, 0.15) is 0 Å². The van der Waals surface area contributed by atoms with Crippen LogP contribution in [0.25, 0.3) is 0 Å². The number of alkyl halides is 1. The third kappa shape index (κ3) is 4.10. The van der Waals surface area contributed by atoms with E-state index in [0.717, 1.165) is 6.08 Å². The van der Waals surface area contributed by atoms with Crippen molar-refractivity contribution in [2.24, 2.45) is 0 Å². The van der Waals surface area contributed by atoms with Crippen LogP contribution in [-0.2, 0) is 11.2 Å². The van der Waals surface area contributed by atoms with E-state index in [9.17, 15) is 14.7 Å². The molecule has 102 valence electrons. The van der Waals surface area contributed by atoms with E-state index < -0.39 is 5.97 Å². The van der Waals surface area contributed by atoms with E-state index in [1.165, 1.54) is 25.3 Å². The lowest BCUT2D eigenvalue weighted by Crippen LogP contribution is -2.02. The number of allylic oxidation sites excluding steroid dienone is 1. The molecular formula is C13H13BrO5. The van der Waals surface area contributed by atoms with Gasteiger partial charge in [0.15, 0.2) is 17.3 Å². The van der Waals surface area contributed by atoms with Crippen LogP contribution < -0.4 is 4.74 Å². The molecule has 0 unspecified atom stereocenters. The summed E-state index contributed by atoms with van der Waals surface area (Å²) in [6.45, 7) is 0. The minimum Gasteiger partial charge on any atom is -0.504 e. The van der Waals surface area contributed by atoms with Gasteiger partial charge in [0, 0.05) is 17.2 Å². The predicted molar refractivity (Wildman–Crippen MR) is 73.3 cm³/mol. The van der Waals surface area contributed by atoms with Gasteiger partial charge in [-0.3, -0.25) is 4.79 Å². The number of hydrogen-bond acceptors (Lipinski definition) is 4. The summed E-state index contributed by atoms with van der Waals surface area (Å²) >= 11 is 3.07. The Kier molecular flexibility index (Phi) is 5.57. The Labute approximate surface area is 118 Å². The van der Waals surface area contributed by atoms with E-state index in [-0.39, 0.29) is 29.0 Å². The third-order valence-electron chi connectivity index (χ3n) is 2.42. The Morgan fingerprint density at radius 3 is 2.63 bits per heavy atom. The highest BCUT2D eigenvalue weighted by Gasteiger charge is 2.13. The number of ether oxygens (including phenoxy) is 1. The first-order valence-corrected chi connectivity index (χ1v) is 6.50. The number of methoxy groups -OCH3 is 1. The number of phenolic OH excluding ortho intramolecular Hbond substituents is 1. The molecule has 19 heavy (non-hydrogen) atoms. The average Bonchev–Trinajstić information content (AvgIpc) is 2.39. The van der Waals surface area contributed by atoms with Gasteiger partial charge in [-0.1, -0.05) is 22.0 Å². The molecule has 0 atom stereocenters. The molecule has 2 N–H and O–H groups in total. The molecule has 0 amide bonds. The van der Waals surface area contributed by atoms with Crippen LogP contribution in [0.1, 0.15) is 15.9 Å². The van der Waals surface area contributed by atoms with Crippen LogP contribution in [0.5, 0.6) is 11.5 Å². The number of benzene rings is 1. The highest BCUT2D eigenvalue weighted by molar-refractivity contribution is 9.09. The molecule has 0 radical (unpaired) electrons. The normalized spacial score (nSPS) is 10.6. The number of aromatic hydroxyl groups is 1. The maximum Gasteiger partial charge on any atom is 0.327 e. The first-order valence-electron chi connectivity index (χ1n) is 5.38. The van der Waals surface area contributed by atoms with Crippen LogP contribution in [0.2, 0.25) is 0 Å². The van der Waals surface area contributed by atoms with Crippen molar-refractivity contribution < 1.29 is 24.5 Å². The Morgan fingerprint density at radius 2 is 2.11 bits per heavy atom. The zero-order valence-electron chi connectivity index (χ0n) is 10.2. The van der Waals surface area contributed by atoms with Gasteiger partial charge < -0.3 is 14.9 Å². The van der Waals surface area contributed by atoms with Crippen molar-refractivity contribution in [3.8, 4) is 11.5 Å². The lowest BCUT2D eigenvalue weighted by atomic mass is 10.0. The SMILES string of the molecule is COc1cc(C(=O)CBr)cc(CC=CC(=O)O)c1O. The van der Waals surface area contributed by atoms with E-state index in [0.29, 0.717) is 11.1 Å². The fourth-order valence-electron chi connectivity index (χ4n) is 1.50. The van der Waals surface area contributed by atoms with Gasteiger partial charge in [-0.2, -0.15) is 0 Å². The Hall–Kier alpha value is -1.82.